The molecule has 0 atom stereocenters. The molecule has 1 amide bonds. The fraction of sp³-hybridized carbons (Fsp3) is 0.0769. The maximum Gasteiger partial charge on any atom is 0.331 e. The SMILES string of the molecule is COC(=O)/C=C1/S/C(=N\N=Cc2cc(F)ccc2F)NC1=O. The van der Waals surface area contributed by atoms with Crippen LogP contribution in [0.5, 0.6) is 0 Å². The number of amidine groups is 1. The van der Waals surface area contributed by atoms with Gasteiger partial charge in [-0.25, -0.2) is 13.6 Å². The van der Waals surface area contributed by atoms with Gasteiger partial charge in [-0.15, -0.1) is 5.10 Å². The van der Waals surface area contributed by atoms with Gasteiger partial charge < -0.3 is 4.74 Å². The van der Waals surface area contributed by atoms with E-state index in [9.17, 15) is 18.4 Å². The van der Waals surface area contributed by atoms with Crippen molar-refractivity contribution in [3.63, 3.8) is 0 Å². The Morgan fingerprint density at radius 1 is 1.41 bits per heavy atom. The Hall–Kier alpha value is -2.55. The van der Waals surface area contributed by atoms with Crippen molar-refractivity contribution in [1.29, 1.82) is 0 Å². The first kappa shape index (κ1) is 15.8. The highest BCUT2D eigenvalue weighted by Crippen LogP contribution is 2.23. The second-order valence-corrected chi connectivity index (χ2v) is 4.93. The van der Waals surface area contributed by atoms with E-state index in [1.807, 2.05) is 0 Å². The van der Waals surface area contributed by atoms with E-state index in [1.54, 1.807) is 0 Å². The summed E-state index contributed by atoms with van der Waals surface area (Å²) in [4.78, 5) is 22.7. The summed E-state index contributed by atoms with van der Waals surface area (Å²) in [6.45, 7) is 0. The molecule has 0 aromatic heterocycles. The molecule has 6 nitrogen and oxygen atoms in total. The summed E-state index contributed by atoms with van der Waals surface area (Å²) in [5.41, 5.74) is -0.0796. The van der Waals surface area contributed by atoms with Crippen LogP contribution >= 0.6 is 11.8 Å². The zero-order valence-electron chi connectivity index (χ0n) is 11.2. The molecular weight excluding hydrogens is 316 g/mol. The summed E-state index contributed by atoms with van der Waals surface area (Å²) >= 11 is 0.873. The van der Waals surface area contributed by atoms with E-state index in [4.69, 9.17) is 0 Å². The zero-order chi connectivity index (χ0) is 16.1. The maximum atomic E-state index is 13.3. The van der Waals surface area contributed by atoms with Crippen molar-refractivity contribution in [2.45, 2.75) is 0 Å². The first-order valence-electron chi connectivity index (χ1n) is 5.84. The van der Waals surface area contributed by atoms with E-state index < -0.39 is 23.5 Å². The Morgan fingerprint density at radius 2 is 2.18 bits per heavy atom. The molecule has 0 saturated carbocycles. The number of hydrogen-bond acceptors (Lipinski definition) is 6. The van der Waals surface area contributed by atoms with Crippen molar-refractivity contribution < 1.29 is 23.1 Å². The van der Waals surface area contributed by atoms with Crippen molar-refractivity contribution in [3.8, 4) is 0 Å². The number of nitrogens with one attached hydrogen (secondary N) is 1. The first-order valence-corrected chi connectivity index (χ1v) is 6.66. The minimum atomic E-state index is -0.677. The standard InChI is InChI=1S/C13H9F2N3O3S/c1-21-11(19)5-10-12(20)17-13(22-10)18-16-6-7-4-8(14)2-3-9(7)15/h2-6H,1H3,(H,17,18,20)/b10-5+,16-6?. The molecule has 1 aromatic rings. The lowest BCUT2D eigenvalue weighted by Crippen LogP contribution is -2.19. The third-order valence-corrected chi connectivity index (χ3v) is 3.30. The van der Waals surface area contributed by atoms with Crippen LogP contribution in [-0.4, -0.2) is 30.4 Å². The molecule has 114 valence electrons. The van der Waals surface area contributed by atoms with Gasteiger partial charge in [0.15, 0.2) is 5.17 Å². The third-order valence-electron chi connectivity index (χ3n) is 2.40. The number of ether oxygens (including phenoxy) is 1. The van der Waals surface area contributed by atoms with Gasteiger partial charge in [0, 0.05) is 11.6 Å². The summed E-state index contributed by atoms with van der Waals surface area (Å²) in [6.07, 6.45) is 2.03. The normalized spacial score (nSPS) is 18.2. The molecule has 1 heterocycles. The van der Waals surface area contributed by atoms with E-state index >= 15 is 0 Å². The molecule has 1 N–H and O–H groups in total. The van der Waals surface area contributed by atoms with Crippen LogP contribution in [0.15, 0.2) is 39.4 Å². The fourth-order valence-corrected chi connectivity index (χ4v) is 2.14. The van der Waals surface area contributed by atoms with Crippen LogP contribution in [0.4, 0.5) is 8.78 Å². The summed E-state index contributed by atoms with van der Waals surface area (Å²) < 4.78 is 30.7. The van der Waals surface area contributed by atoms with Gasteiger partial charge >= 0.3 is 5.97 Å². The maximum absolute atomic E-state index is 13.3. The first-order chi connectivity index (χ1) is 10.5. The molecule has 0 radical (unpaired) electrons. The highest BCUT2D eigenvalue weighted by atomic mass is 32.2. The molecule has 1 aliphatic rings. The molecule has 22 heavy (non-hydrogen) atoms. The largest absolute Gasteiger partial charge is 0.466 e. The van der Waals surface area contributed by atoms with Crippen molar-refractivity contribution >= 4 is 35.0 Å². The summed E-state index contributed by atoms with van der Waals surface area (Å²) in [5.74, 6) is -2.47. The second-order valence-electron chi connectivity index (χ2n) is 3.90. The van der Waals surface area contributed by atoms with Crippen LogP contribution in [0.2, 0.25) is 0 Å². The van der Waals surface area contributed by atoms with E-state index in [0.29, 0.717) is 0 Å². The molecule has 0 bridgehead atoms. The second kappa shape index (κ2) is 6.94. The van der Waals surface area contributed by atoms with Crippen LogP contribution in [0.1, 0.15) is 5.56 Å². The van der Waals surface area contributed by atoms with Gasteiger partial charge in [-0.1, -0.05) is 0 Å². The molecule has 2 rings (SSSR count). The predicted octanol–water partition coefficient (Wildman–Crippen LogP) is 1.57. The Balaban J connectivity index is 2.10. The van der Waals surface area contributed by atoms with Crippen LogP contribution in [0.25, 0.3) is 0 Å². The smallest absolute Gasteiger partial charge is 0.331 e. The molecule has 0 unspecified atom stereocenters. The van der Waals surface area contributed by atoms with E-state index in [-0.39, 0.29) is 15.6 Å². The number of benzene rings is 1. The lowest BCUT2D eigenvalue weighted by atomic mass is 10.2. The molecule has 1 saturated heterocycles. The van der Waals surface area contributed by atoms with Crippen LogP contribution < -0.4 is 5.32 Å². The van der Waals surface area contributed by atoms with Crippen LogP contribution in [-0.2, 0) is 14.3 Å². The molecule has 0 spiro atoms. The quantitative estimate of drug-likeness (QED) is 0.396. The Labute approximate surface area is 127 Å². The Bertz CT molecular complexity index is 716. The lowest BCUT2D eigenvalue weighted by molar-refractivity contribution is -0.135. The number of esters is 1. The van der Waals surface area contributed by atoms with E-state index in [1.165, 1.54) is 7.11 Å². The predicted molar refractivity (Wildman–Crippen MR) is 77.2 cm³/mol. The van der Waals surface area contributed by atoms with E-state index in [2.05, 4.69) is 20.3 Å². The van der Waals surface area contributed by atoms with E-state index in [0.717, 1.165) is 42.3 Å². The average molecular weight is 325 g/mol. The van der Waals surface area contributed by atoms with Gasteiger partial charge in [-0.3, -0.25) is 10.1 Å². The minimum Gasteiger partial charge on any atom is -0.466 e. The van der Waals surface area contributed by atoms with Crippen molar-refractivity contribution in [2.75, 3.05) is 7.11 Å². The van der Waals surface area contributed by atoms with Crippen LogP contribution in [0.3, 0.4) is 0 Å². The fourth-order valence-electron chi connectivity index (χ4n) is 1.40. The molecule has 1 aromatic carbocycles. The number of thioether (sulfide) groups is 1. The van der Waals surface area contributed by atoms with Crippen LogP contribution in [0, 0.1) is 11.6 Å². The Morgan fingerprint density at radius 3 is 2.91 bits per heavy atom. The number of rotatable bonds is 3. The summed E-state index contributed by atoms with van der Waals surface area (Å²) in [7, 11) is 1.18. The zero-order valence-corrected chi connectivity index (χ0v) is 12.0. The number of carbonyl (C=O) groups excluding carboxylic acids is 2. The minimum absolute atomic E-state index is 0.0796. The lowest BCUT2D eigenvalue weighted by Gasteiger charge is -1.95. The molecular formula is C13H9F2N3O3S. The highest BCUT2D eigenvalue weighted by Gasteiger charge is 2.24. The van der Waals surface area contributed by atoms with Crippen molar-refractivity contribution in [2.24, 2.45) is 10.2 Å². The molecule has 1 aliphatic heterocycles. The number of hydrogen-bond donors (Lipinski definition) is 1. The van der Waals surface area contributed by atoms with Gasteiger partial charge in [0.05, 0.1) is 18.2 Å². The molecule has 1 fully saturated rings. The van der Waals surface area contributed by atoms with Crippen molar-refractivity contribution in [1.82, 2.24) is 5.32 Å². The topological polar surface area (TPSA) is 80.1 Å². The molecule has 0 aliphatic carbocycles. The van der Waals surface area contributed by atoms with Gasteiger partial charge in [0.25, 0.3) is 5.91 Å². The number of nitrogens with zero attached hydrogens (tertiary/aromatic N) is 2. The Kier molecular flexibility index (Phi) is 4.99. The average Bonchev–Trinajstić information content (AvgIpc) is 2.82. The van der Waals surface area contributed by atoms with Gasteiger partial charge in [0.2, 0.25) is 0 Å². The number of carbonyl (C=O) groups is 2. The van der Waals surface area contributed by atoms with Gasteiger partial charge in [0.1, 0.15) is 11.6 Å². The van der Waals surface area contributed by atoms with Crippen molar-refractivity contribution in [3.05, 3.63) is 46.4 Å². The summed E-state index contributed by atoms with van der Waals surface area (Å²) in [5, 5.41) is 9.70. The number of halogens is 2. The van der Waals surface area contributed by atoms with Gasteiger partial charge in [-0.2, -0.15) is 5.10 Å². The third kappa shape index (κ3) is 3.98. The summed E-state index contributed by atoms with van der Waals surface area (Å²) in [6, 6.07) is 2.91. The number of amides is 1. The molecule has 9 heteroatoms. The number of methoxy groups -OCH3 is 1. The highest BCUT2D eigenvalue weighted by molar-refractivity contribution is 8.18. The van der Waals surface area contributed by atoms with Gasteiger partial charge in [-0.05, 0) is 30.0 Å². The monoisotopic (exact) mass is 325 g/mol.